The van der Waals surface area contributed by atoms with E-state index in [0.717, 1.165) is 25.7 Å². The molecular formula is C13H15ClN2O4. The third-order valence-corrected chi connectivity index (χ3v) is 3.75. The lowest BCUT2D eigenvalue weighted by Crippen LogP contribution is -2.38. The van der Waals surface area contributed by atoms with Crippen molar-refractivity contribution in [3.63, 3.8) is 0 Å². The van der Waals surface area contributed by atoms with Gasteiger partial charge in [-0.1, -0.05) is 24.4 Å². The molecule has 0 unspecified atom stereocenters. The largest absolute Gasteiger partial charge is 0.480 e. The number of anilines is 1. The Morgan fingerprint density at radius 2 is 2.10 bits per heavy atom. The minimum atomic E-state index is -1.01. The molecule has 1 aliphatic carbocycles. The summed E-state index contributed by atoms with van der Waals surface area (Å²) in [5, 5.41) is 20.5. The first-order valence-electron chi connectivity index (χ1n) is 6.41. The fourth-order valence-corrected chi connectivity index (χ4v) is 2.82. The number of halogens is 1. The van der Waals surface area contributed by atoms with Crippen LogP contribution in [0.3, 0.4) is 0 Å². The van der Waals surface area contributed by atoms with Crippen LogP contribution in [0.1, 0.15) is 25.7 Å². The zero-order valence-corrected chi connectivity index (χ0v) is 11.5. The van der Waals surface area contributed by atoms with E-state index in [-0.39, 0.29) is 24.0 Å². The maximum Gasteiger partial charge on any atom is 0.323 e. The molecular weight excluding hydrogens is 284 g/mol. The Balaban J connectivity index is 2.43. The van der Waals surface area contributed by atoms with Gasteiger partial charge in [0, 0.05) is 17.1 Å². The molecule has 6 nitrogen and oxygen atoms in total. The summed E-state index contributed by atoms with van der Waals surface area (Å²) >= 11 is 5.91. The number of nitro benzene ring substituents is 1. The highest BCUT2D eigenvalue weighted by molar-refractivity contribution is 6.31. The van der Waals surface area contributed by atoms with Gasteiger partial charge < -0.3 is 10.0 Å². The predicted molar refractivity (Wildman–Crippen MR) is 75.3 cm³/mol. The molecule has 0 bridgehead atoms. The average Bonchev–Trinajstić information content (AvgIpc) is 2.88. The van der Waals surface area contributed by atoms with Gasteiger partial charge >= 0.3 is 5.97 Å². The highest BCUT2D eigenvalue weighted by Crippen LogP contribution is 2.35. The Morgan fingerprint density at radius 1 is 1.45 bits per heavy atom. The molecule has 7 heteroatoms. The summed E-state index contributed by atoms with van der Waals surface area (Å²) in [6, 6.07) is 4.25. The normalized spacial score (nSPS) is 15.2. The molecule has 20 heavy (non-hydrogen) atoms. The van der Waals surface area contributed by atoms with E-state index in [1.54, 1.807) is 4.90 Å². The van der Waals surface area contributed by atoms with Gasteiger partial charge in [-0.05, 0) is 25.0 Å². The number of aliphatic carboxylic acids is 1. The Bertz CT molecular complexity index is 529. The fourth-order valence-electron chi connectivity index (χ4n) is 2.65. The van der Waals surface area contributed by atoms with Crippen molar-refractivity contribution in [1.82, 2.24) is 0 Å². The first-order valence-corrected chi connectivity index (χ1v) is 6.79. The Hall–Kier alpha value is -1.82. The third-order valence-electron chi connectivity index (χ3n) is 3.51. The number of nitro groups is 1. The van der Waals surface area contributed by atoms with Crippen molar-refractivity contribution in [2.24, 2.45) is 0 Å². The molecule has 0 spiro atoms. The lowest BCUT2D eigenvalue weighted by Gasteiger charge is -2.29. The van der Waals surface area contributed by atoms with Crippen LogP contribution in [0, 0.1) is 10.1 Å². The molecule has 0 amide bonds. The van der Waals surface area contributed by atoms with Crippen LogP contribution in [0.4, 0.5) is 11.4 Å². The standard InChI is InChI=1S/C13H15ClN2O4/c14-9-5-6-11(16(19)20)12(7-9)15(8-13(17)18)10-3-1-2-4-10/h5-7,10H,1-4,8H2,(H,17,18). The fraction of sp³-hybridized carbons (Fsp3) is 0.462. The van der Waals surface area contributed by atoms with Gasteiger partial charge in [-0.3, -0.25) is 14.9 Å². The maximum absolute atomic E-state index is 11.1. The Morgan fingerprint density at radius 3 is 2.65 bits per heavy atom. The zero-order chi connectivity index (χ0) is 14.7. The quantitative estimate of drug-likeness (QED) is 0.667. The van der Waals surface area contributed by atoms with Gasteiger partial charge in [0.15, 0.2) is 0 Å². The van der Waals surface area contributed by atoms with Crippen molar-refractivity contribution in [3.8, 4) is 0 Å². The van der Waals surface area contributed by atoms with Crippen LogP contribution in [0.15, 0.2) is 18.2 Å². The van der Waals surface area contributed by atoms with Crippen molar-refractivity contribution in [2.45, 2.75) is 31.7 Å². The van der Waals surface area contributed by atoms with Gasteiger partial charge in [-0.2, -0.15) is 0 Å². The minimum Gasteiger partial charge on any atom is -0.480 e. The monoisotopic (exact) mass is 298 g/mol. The van der Waals surface area contributed by atoms with Gasteiger partial charge in [-0.25, -0.2) is 0 Å². The number of carboxylic acids is 1. The Labute approximate surface area is 121 Å². The highest BCUT2D eigenvalue weighted by Gasteiger charge is 2.29. The summed E-state index contributed by atoms with van der Waals surface area (Å²) in [6.07, 6.45) is 3.71. The molecule has 0 heterocycles. The second kappa shape index (κ2) is 6.09. The van der Waals surface area contributed by atoms with Crippen molar-refractivity contribution < 1.29 is 14.8 Å². The molecule has 1 aliphatic rings. The van der Waals surface area contributed by atoms with E-state index in [4.69, 9.17) is 16.7 Å². The van der Waals surface area contributed by atoms with Crippen LogP contribution in [0.2, 0.25) is 5.02 Å². The van der Waals surface area contributed by atoms with Crippen LogP contribution in [-0.4, -0.2) is 28.6 Å². The number of carboxylic acid groups (broad SMARTS) is 1. The van der Waals surface area contributed by atoms with Crippen LogP contribution in [0.25, 0.3) is 0 Å². The first kappa shape index (κ1) is 14.6. The van der Waals surface area contributed by atoms with E-state index in [1.165, 1.54) is 18.2 Å². The molecule has 1 saturated carbocycles. The van der Waals surface area contributed by atoms with E-state index >= 15 is 0 Å². The van der Waals surface area contributed by atoms with E-state index < -0.39 is 10.9 Å². The molecule has 0 saturated heterocycles. The van der Waals surface area contributed by atoms with Gasteiger partial charge in [0.05, 0.1) is 4.92 Å². The molecule has 1 N–H and O–H groups in total. The number of hydrogen-bond acceptors (Lipinski definition) is 4. The lowest BCUT2D eigenvalue weighted by molar-refractivity contribution is -0.384. The summed E-state index contributed by atoms with van der Waals surface area (Å²) in [5.74, 6) is -1.01. The Kier molecular flexibility index (Phi) is 4.44. The second-order valence-electron chi connectivity index (χ2n) is 4.85. The van der Waals surface area contributed by atoms with E-state index in [9.17, 15) is 14.9 Å². The molecule has 1 aromatic carbocycles. The lowest BCUT2D eigenvalue weighted by atomic mass is 10.1. The van der Waals surface area contributed by atoms with E-state index in [2.05, 4.69) is 0 Å². The first-order chi connectivity index (χ1) is 9.49. The van der Waals surface area contributed by atoms with E-state index in [1.807, 2.05) is 0 Å². The average molecular weight is 299 g/mol. The van der Waals surface area contributed by atoms with Crippen LogP contribution in [0.5, 0.6) is 0 Å². The summed E-state index contributed by atoms with van der Waals surface area (Å²) in [4.78, 5) is 23.3. The second-order valence-corrected chi connectivity index (χ2v) is 5.29. The smallest absolute Gasteiger partial charge is 0.323 e. The van der Waals surface area contributed by atoms with Crippen molar-refractivity contribution in [2.75, 3.05) is 11.4 Å². The highest BCUT2D eigenvalue weighted by atomic mass is 35.5. The van der Waals surface area contributed by atoms with Crippen molar-refractivity contribution >= 4 is 28.9 Å². The molecule has 108 valence electrons. The molecule has 0 aliphatic heterocycles. The van der Waals surface area contributed by atoms with Crippen LogP contribution < -0.4 is 4.90 Å². The van der Waals surface area contributed by atoms with Crippen LogP contribution in [-0.2, 0) is 4.79 Å². The SMILES string of the molecule is O=C(O)CN(c1cc(Cl)ccc1[N+](=O)[O-])C1CCCC1. The van der Waals surface area contributed by atoms with Crippen molar-refractivity contribution in [3.05, 3.63) is 33.3 Å². The zero-order valence-electron chi connectivity index (χ0n) is 10.8. The molecule has 0 aromatic heterocycles. The number of benzene rings is 1. The van der Waals surface area contributed by atoms with Crippen LogP contribution >= 0.6 is 11.6 Å². The number of rotatable bonds is 5. The molecule has 2 rings (SSSR count). The minimum absolute atomic E-state index is 0.0169. The predicted octanol–water partition coefficient (Wildman–Crippen LogP) is 3.08. The molecule has 0 radical (unpaired) electrons. The van der Waals surface area contributed by atoms with E-state index in [0.29, 0.717) is 5.02 Å². The third kappa shape index (κ3) is 3.19. The summed E-state index contributed by atoms with van der Waals surface area (Å²) in [6.45, 7) is -0.258. The van der Waals surface area contributed by atoms with Gasteiger partial charge in [-0.15, -0.1) is 0 Å². The summed E-state index contributed by atoms with van der Waals surface area (Å²) in [7, 11) is 0. The summed E-state index contributed by atoms with van der Waals surface area (Å²) in [5.41, 5.74) is 0.180. The number of hydrogen-bond donors (Lipinski definition) is 1. The molecule has 1 fully saturated rings. The number of nitrogens with zero attached hydrogens (tertiary/aromatic N) is 2. The number of carbonyl (C=O) groups is 1. The topological polar surface area (TPSA) is 83.7 Å². The van der Waals surface area contributed by atoms with Gasteiger partial charge in [0.25, 0.3) is 5.69 Å². The maximum atomic E-state index is 11.1. The van der Waals surface area contributed by atoms with Crippen molar-refractivity contribution in [1.29, 1.82) is 0 Å². The molecule has 0 atom stereocenters. The molecule has 1 aromatic rings. The summed E-state index contributed by atoms with van der Waals surface area (Å²) < 4.78 is 0. The van der Waals surface area contributed by atoms with Gasteiger partial charge in [0.1, 0.15) is 12.2 Å². The van der Waals surface area contributed by atoms with Gasteiger partial charge in [0.2, 0.25) is 0 Å².